The standard InChI is InChI=1S/C28H25BF2N2O6S/c1-40(36,37)33(13-17-9-18-14-38-29(35)22(18)11-23(17)31)24-12-25-21(10-20(24)16-4-5-16)27(28(32)34)26(39-25)8-15-2-6-19(30)7-3-15/h2-3,6-7,9-12,16,35H,4-5,8,13-14H2,1H3,(H2,32,34). The molecule has 1 aliphatic carbocycles. The Morgan fingerprint density at radius 2 is 1.88 bits per heavy atom. The number of anilines is 1. The Hall–Kier alpha value is -3.74. The largest absolute Gasteiger partial charge is 0.491 e. The zero-order valence-electron chi connectivity index (χ0n) is 21.5. The molecule has 1 fully saturated rings. The molecule has 0 atom stereocenters. The van der Waals surface area contributed by atoms with Crippen molar-refractivity contribution >= 4 is 45.2 Å². The minimum atomic E-state index is -3.91. The molecule has 2 aliphatic rings. The van der Waals surface area contributed by atoms with Crippen molar-refractivity contribution in [2.45, 2.75) is 38.3 Å². The van der Waals surface area contributed by atoms with E-state index in [-0.39, 0.29) is 48.0 Å². The molecule has 0 unspecified atom stereocenters. The van der Waals surface area contributed by atoms with E-state index in [4.69, 9.17) is 14.8 Å². The fraction of sp³-hybridized carbons (Fsp3) is 0.250. The number of carbonyl (C=O) groups is 1. The van der Waals surface area contributed by atoms with E-state index in [1.165, 1.54) is 24.3 Å². The van der Waals surface area contributed by atoms with Gasteiger partial charge in [-0.1, -0.05) is 12.1 Å². The Morgan fingerprint density at radius 3 is 2.52 bits per heavy atom. The molecule has 3 N–H and O–H groups in total. The average Bonchev–Trinajstić information content (AvgIpc) is 3.59. The van der Waals surface area contributed by atoms with Crippen LogP contribution in [-0.2, 0) is 34.3 Å². The quantitative estimate of drug-likeness (QED) is 0.315. The molecule has 4 aromatic rings. The molecule has 0 spiro atoms. The molecule has 2 heterocycles. The molecule has 206 valence electrons. The molecule has 1 saturated carbocycles. The number of benzene rings is 3. The summed E-state index contributed by atoms with van der Waals surface area (Å²) in [6.45, 7) is -0.216. The molecule has 0 radical (unpaired) electrons. The Morgan fingerprint density at radius 1 is 1.15 bits per heavy atom. The Labute approximate surface area is 229 Å². The van der Waals surface area contributed by atoms with Gasteiger partial charge in [0.25, 0.3) is 5.91 Å². The molecule has 0 bridgehead atoms. The number of hydrogen-bond acceptors (Lipinski definition) is 6. The first kappa shape index (κ1) is 26.5. The summed E-state index contributed by atoms with van der Waals surface area (Å²) in [5.41, 5.74) is 8.92. The third-order valence-corrected chi connectivity index (χ3v) is 8.53. The third-order valence-electron chi connectivity index (χ3n) is 7.41. The monoisotopic (exact) mass is 566 g/mol. The van der Waals surface area contributed by atoms with Crippen LogP contribution in [0.5, 0.6) is 0 Å². The van der Waals surface area contributed by atoms with Crippen LogP contribution in [0.3, 0.4) is 0 Å². The summed E-state index contributed by atoms with van der Waals surface area (Å²) in [7, 11) is -5.14. The van der Waals surface area contributed by atoms with Gasteiger partial charge in [0.2, 0.25) is 10.0 Å². The number of nitrogens with zero attached hydrogens (tertiary/aromatic N) is 1. The summed E-state index contributed by atoms with van der Waals surface area (Å²) in [6.07, 6.45) is 2.86. The number of carbonyl (C=O) groups excluding carboxylic acids is 1. The summed E-state index contributed by atoms with van der Waals surface area (Å²) in [5.74, 6) is -1.43. The zero-order chi connectivity index (χ0) is 28.3. The number of fused-ring (bicyclic) bond motifs is 2. The lowest BCUT2D eigenvalue weighted by molar-refractivity contribution is 0.1000. The van der Waals surface area contributed by atoms with Crippen molar-refractivity contribution in [2.75, 3.05) is 10.6 Å². The first-order valence-corrected chi connectivity index (χ1v) is 14.6. The predicted octanol–water partition coefficient (Wildman–Crippen LogP) is 3.46. The van der Waals surface area contributed by atoms with Gasteiger partial charge in [-0.05, 0) is 71.2 Å². The van der Waals surface area contributed by atoms with E-state index in [0.717, 1.165) is 23.4 Å². The van der Waals surface area contributed by atoms with E-state index in [1.807, 2.05) is 0 Å². The van der Waals surface area contributed by atoms with Gasteiger partial charge in [-0.3, -0.25) is 9.10 Å². The van der Waals surface area contributed by atoms with Gasteiger partial charge < -0.3 is 19.8 Å². The zero-order valence-corrected chi connectivity index (χ0v) is 22.3. The number of nitrogens with two attached hydrogens (primary N) is 1. The van der Waals surface area contributed by atoms with Gasteiger partial charge in [0.15, 0.2) is 0 Å². The Bertz CT molecular complexity index is 1770. The van der Waals surface area contributed by atoms with Gasteiger partial charge in [-0.2, -0.15) is 0 Å². The molecule has 40 heavy (non-hydrogen) atoms. The number of halogens is 2. The number of primary amides is 1. The lowest BCUT2D eigenvalue weighted by atomic mass is 9.79. The van der Waals surface area contributed by atoms with Crippen molar-refractivity contribution in [3.05, 3.63) is 93.7 Å². The fourth-order valence-electron chi connectivity index (χ4n) is 5.27. The maximum absolute atomic E-state index is 15.1. The Kier molecular flexibility index (Phi) is 6.44. The minimum absolute atomic E-state index is 0.0493. The molecule has 8 nitrogen and oxygen atoms in total. The summed E-state index contributed by atoms with van der Waals surface area (Å²) < 4.78 is 67.1. The highest BCUT2D eigenvalue weighted by Crippen LogP contribution is 2.47. The lowest BCUT2D eigenvalue weighted by Gasteiger charge is -2.26. The second kappa shape index (κ2) is 9.72. The summed E-state index contributed by atoms with van der Waals surface area (Å²) in [4.78, 5) is 12.5. The fourth-order valence-corrected chi connectivity index (χ4v) is 6.16. The second-order valence-corrected chi connectivity index (χ2v) is 12.2. The van der Waals surface area contributed by atoms with Crippen molar-refractivity contribution in [2.24, 2.45) is 5.73 Å². The van der Waals surface area contributed by atoms with Crippen LogP contribution in [0, 0.1) is 11.6 Å². The molecule has 1 aliphatic heterocycles. The van der Waals surface area contributed by atoms with Crippen LogP contribution >= 0.6 is 0 Å². The third kappa shape index (κ3) is 4.87. The SMILES string of the molecule is CS(=O)(=O)N(Cc1cc2c(cc1F)B(O)OC2)c1cc2oc(Cc3ccc(F)cc3)c(C(N)=O)c2cc1C1CC1. The van der Waals surface area contributed by atoms with Crippen LogP contribution in [-0.4, -0.2) is 32.7 Å². The van der Waals surface area contributed by atoms with Crippen LogP contribution in [0.25, 0.3) is 11.0 Å². The van der Waals surface area contributed by atoms with Crippen molar-refractivity contribution in [1.82, 2.24) is 0 Å². The first-order chi connectivity index (χ1) is 19.0. The molecule has 6 rings (SSSR count). The lowest BCUT2D eigenvalue weighted by Crippen LogP contribution is -2.32. The molecular formula is C28H25BF2N2O6S. The van der Waals surface area contributed by atoms with Crippen molar-refractivity contribution < 1.29 is 36.1 Å². The highest BCUT2D eigenvalue weighted by Gasteiger charge is 2.34. The van der Waals surface area contributed by atoms with Gasteiger partial charge in [-0.25, -0.2) is 17.2 Å². The molecule has 3 aromatic carbocycles. The second-order valence-electron chi connectivity index (χ2n) is 10.3. The molecule has 12 heteroatoms. The normalized spacial score (nSPS) is 15.1. The summed E-state index contributed by atoms with van der Waals surface area (Å²) >= 11 is 0. The molecule has 1 aromatic heterocycles. The number of sulfonamides is 1. The summed E-state index contributed by atoms with van der Waals surface area (Å²) in [6, 6.07) is 11.7. The number of hydrogen-bond donors (Lipinski definition) is 2. The summed E-state index contributed by atoms with van der Waals surface area (Å²) in [5, 5.41) is 10.4. The average molecular weight is 566 g/mol. The van der Waals surface area contributed by atoms with E-state index in [1.54, 1.807) is 24.3 Å². The van der Waals surface area contributed by atoms with Crippen LogP contribution in [0.2, 0.25) is 0 Å². The van der Waals surface area contributed by atoms with Gasteiger partial charge in [0, 0.05) is 23.4 Å². The van der Waals surface area contributed by atoms with E-state index >= 15 is 4.39 Å². The van der Waals surface area contributed by atoms with Gasteiger partial charge in [0.05, 0.1) is 30.7 Å². The van der Waals surface area contributed by atoms with Crippen molar-refractivity contribution in [3.63, 3.8) is 0 Å². The van der Waals surface area contributed by atoms with E-state index in [2.05, 4.69) is 0 Å². The predicted molar refractivity (Wildman–Crippen MR) is 146 cm³/mol. The van der Waals surface area contributed by atoms with Gasteiger partial charge >= 0.3 is 7.12 Å². The van der Waals surface area contributed by atoms with E-state index in [0.29, 0.717) is 33.2 Å². The number of amides is 1. The molecule has 1 amide bonds. The minimum Gasteiger partial charge on any atom is -0.460 e. The smallest absolute Gasteiger partial charge is 0.460 e. The molecule has 0 saturated heterocycles. The van der Waals surface area contributed by atoms with Gasteiger partial charge in [-0.15, -0.1) is 0 Å². The Balaban J connectivity index is 1.47. The maximum Gasteiger partial charge on any atom is 0.491 e. The molecular weight excluding hydrogens is 541 g/mol. The maximum atomic E-state index is 15.1. The van der Waals surface area contributed by atoms with Crippen LogP contribution in [0.1, 0.15) is 57.1 Å². The van der Waals surface area contributed by atoms with Crippen LogP contribution in [0.4, 0.5) is 14.5 Å². The number of furan rings is 1. The van der Waals surface area contributed by atoms with Crippen molar-refractivity contribution in [1.29, 1.82) is 0 Å². The topological polar surface area (TPSA) is 123 Å². The highest BCUT2D eigenvalue weighted by molar-refractivity contribution is 7.92. The van der Waals surface area contributed by atoms with E-state index in [9.17, 15) is 22.6 Å². The van der Waals surface area contributed by atoms with Crippen LogP contribution < -0.4 is 15.5 Å². The van der Waals surface area contributed by atoms with Gasteiger partial charge in [0.1, 0.15) is 23.0 Å². The first-order valence-electron chi connectivity index (χ1n) is 12.7. The van der Waals surface area contributed by atoms with E-state index < -0.39 is 34.7 Å². The number of rotatable bonds is 8. The van der Waals surface area contributed by atoms with Crippen molar-refractivity contribution in [3.8, 4) is 0 Å². The highest BCUT2D eigenvalue weighted by atomic mass is 32.2. The van der Waals surface area contributed by atoms with Crippen LogP contribution in [0.15, 0.2) is 52.9 Å².